The predicted octanol–water partition coefficient (Wildman–Crippen LogP) is 2.75. The highest BCUT2D eigenvalue weighted by molar-refractivity contribution is 5.90. The number of anilines is 1. The van der Waals surface area contributed by atoms with E-state index in [4.69, 9.17) is 0 Å². The maximum absolute atomic E-state index is 11.9. The number of nitrogens with one attached hydrogen (secondary N) is 2. The molecule has 1 aromatic carbocycles. The standard InChI is InChI=1S/C17H25N3O2/c1-12-10-14(3)15(11-13(12)2)19-17(22)18-7-5-9-20-8-4-6-16(20)21/h10-11H,4-9H2,1-3H3,(H2,18,19,22). The number of aryl methyl sites for hydroxylation is 3. The van der Waals surface area contributed by atoms with Crippen LogP contribution in [0.2, 0.25) is 0 Å². The first-order valence-electron chi connectivity index (χ1n) is 7.88. The van der Waals surface area contributed by atoms with Gasteiger partial charge >= 0.3 is 6.03 Å². The van der Waals surface area contributed by atoms with Crippen LogP contribution in [0.3, 0.4) is 0 Å². The summed E-state index contributed by atoms with van der Waals surface area (Å²) in [6.07, 6.45) is 2.41. The molecule has 0 aliphatic carbocycles. The van der Waals surface area contributed by atoms with Crippen LogP contribution in [-0.2, 0) is 4.79 Å². The number of carbonyl (C=O) groups excluding carboxylic acids is 2. The van der Waals surface area contributed by atoms with Crippen molar-refractivity contribution in [3.05, 3.63) is 28.8 Å². The summed E-state index contributed by atoms with van der Waals surface area (Å²) in [6.45, 7) is 8.23. The van der Waals surface area contributed by atoms with E-state index in [1.807, 2.05) is 24.8 Å². The van der Waals surface area contributed by atoms with E-state index in [2.05, 4.69) is 23.6 Å². The molecule has 0 spiro atoms. The zero-order valence-electron chi connectivity index (χ0n) is 13.7. The number of benzene rings is 1. The molecular formula is C17H25N3O2. The monoisotopic (exact) mass is 303 g/mol. The summed E-state index contributed by atoms with van der Waals surface area (Å²) in [4.78, 5) is 25.3. The third-order valence-electron chi connectivity index (χ3n) is 4.15. The highest BCUT2D eigenvalue weighted by atomic mass is 16.2. The van der Waals surface area contributed by atoms with Gasteiger partial charge in [0.25, 0.3) is 0 Å². The van der Waals surface area contributed by atoms with Gasteiger partial charge in [-0.2, -0.15) is 0 Å². The molecule has 1 heterocycles. The lowest BCUT2D eigenvalue weighted by molar-refractivity contribution is -0.127. The number of rotatable bonds is 5. The summed E-state index contributed by atoms with van der Waals surface area (Å²) < 4.78 is 0. The van der Waals surface area contributed by atoms with E-state index in [1.54, 1.807) is 0 Å². The molecule has 0 atom stereocenters. The fourth-order valence-corrected chi connectivity index (χ4v) is 2.67. The number of likely N-dealkylation sites (tertiary alicyclic amines) is 1. The minimum atomic E-state index is -0.195. The van der Waals surface area contributed by atoms with Crippen molar-refractivity contribution in [1.29, 1.82) is 0 Å². The number of carbonyl (C=O) groups is 2. The molecule has 5 heteroatoms. The van der Waals surface area contributed by atoms with Crippen LogP contribution in [0.1, 0.15) is 36.0 Å². The average molecular weight is 303 g/mol. The quantitative estimate of drug-likeness (QED) is 0.822. The Morgan fingerprint density at radius 1 is 1.18 bits per heavy atom. The minimum Gasteiger partial charge on any atom is -0.343 e. The maximum atomic E-state index is 11.9. The van der Waals surface area contributed by atoms with E-state index in [0.29, 0.717) is 13.0 Å². The van der Waals surface area contributed by atoms with Crippen LogP contribution in [0.4, 0.5) is 10.5 Å². The first-order valence-corrected chi connectivity index (χ1v) is 7.88. The molecule has 3 amide bonds. The summed E-state index contributed by atoms with van der Waals surface area (Å²) in [5.41, 5.74) is 4.28. The van der Waals surface area contributed by atoms with Crippen molar-refractivity contribution < 1.29 is 9.59 Å². The molecule has 0 unspecified atom stereocenters. The van der Waals surface area contributed by atoms with Crippen LogP contribution in [0.25, 0.3) is 0 Å². The van der Waals surface area contributed by atoms with Crippen LogP contribution in [0.5, 0.6) is 0 Å². The van der Waals surface area contributed by atoms with Crippen LogP contribution in [-0.4, -0.2) is 36.5 Å². The Hall–Kier alpha value is -2.04. The van der Waals surface area contributed by atoms with Crippen LogP contribution in [0, 0.1) is 20.8 Å². The third kappa shape index (κ3) is 4.23. The van der Waals surface area contributed by atoms with E-state index in [-0.39, 0.29) is 11.9 Å². The van der Waals surface area contributed by atoms with Gasteiger partial charge in [-0.05, 0) is 56.4 Å². The Balaban J connectivity index is 1.74. The molecule has 0 aromatic heterocycles. The normalized spacial score (nSPS) is 14.3. The largest absolute Gasteiger partial charge is 0.343 e. The predicted molar refractivity (Wildman–Crippen MR) is 88.1 cm³/mol. The Labute approximate surface area is 132 Å². The molecular weight excluding hydrogens is 278 g/mol. The zero-order chi connectivity index (χ0) is 16.1. The Bertz CT molecular complexity index is 569. The number of hydrogen-bond donors (Lipinski definition) is 2. The van der Waals surface area contributed by atoms with Gasteiger partial charge in [-0.15, -0.1) is 0 Å². The van der Waals surface area contributed by atoms with Crippen molar-refractivity contribution in [2.24, 2.45) is 0 Å². The lowest BCUT2D eigenvalue weighted by Gasteiger charge is -2.16. The third-order valence-corrected chi connectivity index (χ3v) is 4.15. The number of hydrogen-bond acceptors (Lipinski definition) is 2. The molecule has 2 N–H and O–H groups in total. The molecule has 120 valence electrons. The van der Waals surface area contributed by atoms with Gasteiger partial charge in [-0.25, -0.2) is 4.79 Å². The van der Waals surface area contributed by atoms with Gasteiger partial charge < -0.3 is 15.5 Å². The number of amides is 3. The molecule has 0 saturated carbocycles. The summed E-state index contributed by atoms with van der Waals surface area (Å²) in [6, 6.07) is 3.87. The lowest BCUT2D eigenvalue weighted by atomic mass is 10.1. The highest BCUT2D eigenvalue weighted by Gasteiger charge is 2.19. The second-order valence-electron chi connectivity index (χ2n) is 5.97. The van der Waals surface area contributed by atoms with E-state index >= 15 is 0 Å². The Kier molecular flexibility index (Phi) is 5.41. The molecule has 0 bridgehead atoms. The first-order chi connectivity index (χ1) is 10.5. The SMILES string of the molecule is Cc1cc(C)c(NC(=O)NCCCN2CCCC2=O)cc1C. The maximum Gasteiger partial charge on any atom is 0.319 e. The molecule has 1 aliphatic rings. The van der Waals surface area contributed by atoms with Gasteiger partial charge in [0.15, 0.2) is 0 Å². The second-order valence-corrected chi connectivity index (χ2v) is 5.97. The summed E-state index contributed by atoms with van der Waals surface area (Å²) >= 11 is 0. The molecule has 1 saturated heterocycles. The highest BCUT2D eigenvalue weighted by Crippen LogP contribution is 2.19. The van der Waals surface area contributed by atoms with Crippen molar-refractivity contribution in [2.45, 2.75) is 40.0 Å². The van der Waals surface area contributed by atoms with E-state index in [0.717, 1.165) is 42.7 Å². The molecule has 22 heavy (non-hydrogen) atoms. The number of urea groups is 1. The fourth-order valence-electron chi connectivity index (χ4n) is 2.67. The van der Waals surface area contributed by atoms with Crippen LogP contribution < -0.4 is 10.6 Å². The van der Waals surface area contributed by atoms with Gasteiger partial charge in [0.05, 0.1) is 0 Å². The zero-order valence-corrected chi connectivity index (χ0v) is 13.7. The van der Waals surface area contributed by atoms with E-state index in [1.165, 1.54) is 5.56 Å². The van der Waals surface area contributed by atoms with Gasteiger partial charge in [-0.1, -0.05) is 6.07 Å². The Morgan fingerprint density at radius 2 is 1.91 bits per heavy atom. The molecule has 2 rings (SSSR count). The van der Waals surface area contributed by atoms with Crippen molar-refractivity contribution in [3.8, 4) is 0 Å². The molecule has 0 radical (unpaired) electrons. The molecule has 1 aliphatic heterocycles. The summed E-state index contributed by atoms with van der Waals surface area (Å²) in [5, 5.41) is 5.73. The molecule has 1 aromatic rings. The van der Waals surface area contributed by atoms with Crippen LogP contribution >= 0.6 is 0 Å². The van der Waals surface area contributed by atoms with E-state index in [9.17, 15) is 9.59 Å². The van der Waals surface area contributed by atoms with Crippen molar-refractivity contribution in [2.75, 3.05) is 25.0 Å². The van der Waals surface area contributed by atoms with Crippen molar-refractivity contribution >= 4 is 17.6 Å². The Morgan fingerprint density at radius 3 is 2.59 bits per heavy atom. The van der Waals surface area contributed by atoms with Gasteiger partial charge in [0.2, 0.25) is 5.91 Å². The van der Waals surface area contributed by atoms with Gasteiger partial charge in [-0.3, -0.25) is 4.79 Å². The summed E-state index contributed by atoms with van der Waals surface area (Å²) in [5.74, 6) is 0.232. The molecule has 1 fully saturated rings. The fraction of sp³-hybridized carbons (Fsp3) is 0.529. The average Bonchev–Trinajstić information content (AvgIpc) is 2.86. The van der Waals surface area contributed by atoms with E-state index < -0.39 is 0 Å². The molecule has 5 nitrogen and oxygen atoms in total. The van der Waals surface area contributed by atoms with Crippen LogP contribution in [0.15, 0.2) is 12.1 Å². The van der Waals surface area contributed by atoms with Crippen molar-refractivity contribution in [1.82, 2.24) is 10.2 Å². The van der Waals surface area contributed by atoms with Gasteiger partial charge in [0, 0.05) is 31.7 Å². The number of nitrogens with zero attached hydrogens (tertiary/aromatic N) is 1. The smallest absolute Gasteiger partial charge is 0.319 e. The second kappa shape index (κ2) is 7.29. The summed E-state index contributed by atoms with van der Waals surface area (Å²) in [7, 11) is 0. The van der Waals surface area contributed by atoms with Gasteiger partial charge in [0.1, 0.15) is 0 Å². The topological polar surface area (TPSA) is 61.4 Å². The minimum absolute atomic E-state index is 0.195. The first kappa shape index (κ1) is 16.3. The lowest BCUT2D eigenvalue weighted by Crippen LogP contribution is -2.33. The van der Waals surface area contributed by atoms with Crippen molar-refractivity contribution in [3.63, 3.8) is 0 Å².